The van der Waals surface area contributed by atoms with Crippen LogP contribution in [-0.4, -0.2) is 59.4 Å². The molecule has 0 spiro atoms. The van der Waals surface area contributed by atoms with Crippen molar-refractivity contribution in [1.29, 1.82) is 0 Å². The van der Waals surface area contributed by atoms with Gasteiger partial charge in [0.05, 0.1) is 16.9 Å². The van der Waals surface area contributed by atoms with Crippen molar-refractivity contribution in [1.82, 2.24) is 19.6 Å². The van der Waals surface area contributed by atoms with Gasteiger partial charge in [-0.25, -0.2) is 0 Å². The number of hydrogen-bond donors (Lipinski definition) is 1. The molecule has 2 rings (SSSR count). The largest absolute Gasteiger partial charge is 0.323 e. The van der Waals surface area contributed by atoms with Crippen molar-refractivity contribution < 1.29 is 0 Å². The van der Waals surface area contributed by atoms with Crippen LogP contribution in [0.15, 0.2) is 6.20 Å². The maximum absolute atomic E-state index is 6.29. The quantitative estimate of drug-likeness (QED) is 0.880. The highest BCUT2D eigenvalue weighted by atomic mass is 35.5. The molecule has 5 nitrogen and oxygen atoms in total. The minimum absolute atomic E-state index is 0.0658. The average molecular weight is 272 g/mol. The molecule has 2 atom stereocenters. The van der Waals surface area contributed by atoms with Crippen LogP contribution in [0.4, 0.5) is 0 Å². The van der Waals surface area contributed by atoms with Gasteiger partial charge in [0, 0.05) is 38.8 Å². The van der Waals surface area contributed by atoms with Crippen molar-refractivity contribution in [3.8, 4) is 0 Å². The number of aromatic nitrogens is 2. The molecule has 18 heavy (non-hydrogen) atoms. The maximum Gasteiger partial charge on any atom is 0.0833 e. The summed E-state index contributed by atoms with van der Waals surface area (Å²) in [5.74, 6) is 0. The Morgan fingerprint density at radius 3 is 2.78 bits per heavy atom. The zero-order valence-electron chi connectivity index (χ0n) is 11.3. The smallest absolute Gasteiger partial charge is 0.0833 e. The fraction of sp³-hybridized carbons (Fsp3) is 0.750. The molecule has 0 aliphatic carbocycles. The number of rotatable bonds is 3. The second-order valence-corrected chi connectivity index (χ2v) is 5.65. The normalized spacial score (nSPS) is 24.4. The molecule has 0 bridgehead atoms. The third-order valence-corrected chi connectivity index (χ3v) is 4.09. The molecule has 0 saturated carbocycles. The van der Waals surface area contributed by atoms with Crippen LogP contribution in [0.2, 0.25) is 5.02 Å². The Morgan fingerprint density at radius 2 is 2.17 bits per heavy atom. The average Bonchev–Trinajstić information content (AvgIpc) is 2.63. The number of likely N-dealkylation sites (N-methyl/N-ethyl adjacent to an activating group) is 2. The Bertz CT molecular complexity index is 386. The Morgan fingerprint density at radius 1 is 1.44 bits per heavy atom. The predicted molar refractivity (Wildman–Crippen MR) is 73.7 cm³/mol. The lowest BCUT2D eigenvalue weighted by Gasteiger charge is -2.38. The van der Waals surface area contributed by atoms with Crippen molar-refractivity contribution >= 4 is 11.6 Å². The van der Waals surface area contributed by atoms with E-state index in [1.807, 2.05) is 7.05 Å². The van der Waals surface area contributed by atoms with Crippen molar-refractivity contribution in [3.63, 3.8) is 0 Å². The molecule has 0 aromatic carbocycles. The van der Waals surface area contributed by atoms with E-state index in [9.17, 15) is 0 Å². The summed E-state index contributed by atoms with van der Waals surface area (Å²) in [4.78, 5) is 4.73. The Labute approximate surface area is 113 Å². The second kappa shape index (κ2) is 5.57. The Balaban J connectivity index is 2.04. The highest BCUT2D eigenvalue weighted by Crippen LogP contribution is 2.25. The molecule has 2 heterocycles. The van der Waals surface area contributed by atoms with E-state index < -0.39 is 0 Å². The van der Waals surface area contributed by atoms with Crippen molar-refractivity contribution in [2.24, 2.45) is 12.8 Å². The molecule has 1 aromatic rings. The van der Waals surface area contributed by atoms with Crippen LogP contribution in [0, 0.1) is 0 Å². The summed E-state index contributed by atoms with van der Waals surface area (Å²) in [7, 11) is 6.20. The highest BCUT2D eigenvalue weighted by Gasteiger charge is 2.26. The molecule has 2 N–H and O–H groups in total. The summed E-state index contributed by atoms with van der Waals surface area (Å²) in [5.41, 5.74) is 7.22. The van der Waals surface area contributed by atoms with E-state index in [0.29, 0.717) is 11.1 Å². The van der Waals surface area contributed by atoms with Crippen molar-refractivity contribution in [2.45, 2.75) is 18.5 Å². The molecular formula is C12H22ClN5. The third-order valence-electron chi connectivity index (χ3n) is 3.80. The summed E-state index contributed by atoms with van der Waals surface area (Å²) in [6, 6.07) is 0.411. The standard InChI is InChI=1S/C12H22ClN5/c1-16-4-5-17(2)9(8-16)6-11(14)12-10(13)7-15-18(12)3/h7,9,11H,4-6,8,14H2,1-3H3. The predicted octanol–water partition coefficient (Wildman–Crippen LogP) is 0.709. The summed E-state index contributed by atoms with van der Waals surface area (Å²) in [6.07, 6.45) is 2.56. The first kappa shape index (κ1) is 13.8. The van der Waals surface area contributed by atoms with Gasteiger partial charge in [-0.05, 0) is 20.5 Å². The van der Waals surface area contributed by atoms with Crippen LogP contribution in [0.3, 0.4) is 0 Å². The second-order valence-electron chi connectivity index (χ2n) is 5.24. The van der Waals surface area contributed by atoms with E-state index in [2.05, 4.69) is 29.0 Å². The third kappa shape index (κ3) is 2.85. The van der Waals surface area contributed by atoms with E-state index in [-0.39, 0.29) is 6.04 Å². The van der Waals surface area contributed by atoms with Crippen LogP contribution in [-0.2, 0) is 7.05 Å². The van der Waals surface area contributed by atoms with Gasteiger partial charge in [0.2, 0.25) is 0 Å². The lowest BCUT2D eigenvalue weighted by atomic mass is 10.0. The van der Waals surface area contributed by atoms with Gasteiger partial charge in [0.15, 0.2) is 0 Å². The fourth-order valence-corrected chi connectivity index (χ4v) is 2.90. The number of nitrogens with two attached hydrogens (primary N) is 1. The first-order valence-corrected chi connectivity index (χ1v) is 6.68. The van der Waals surface area contributed by atoms with E-state index in [0.717, 1.165) is 31.7 Å². The zero-order chi connectivity index (χ0) is 13.3. The highest BCUT2D eigenvalue weighted by molar-refractivity contribution is 6.31. The van der Waals surface area contributed by atoms with E-state index >= 15 is 0 Å². The molecule has 1 aliphatic rings. The lowest BCUT2D eigenvalue weighted by molar-refractivity contribution is 0.103. The summed E-state index contributed by atoms with van der Waals surface area (Å²) < 4.78 is 1.78. The summed E-state index contributed by atoms with van der Waals surface area (Å²) in [5, 5.41) is 4.81. The molecule has 1 aromatic heterocycles. The van der Waals surface area contributed by atoms with Crippen LogP contribution in [0.5, 0.6) is 0 Å². The van der Waals surface area contributed by atoms with Crippen LogP contribution >= 0.6 is 11.6 Å². The lowest BCUT2D eigenvalue weighted by Crippen LogP contribution is -2.50. The Hall–Kier alpha value is -0.620. The molecule has 0 radical (unpaired) electrons. The van der Waals surface area contributed by atoms with Gasteiger partial charge in [-0.3, -0.25) is 4.68 Å². The summed E-state index contributed by atoms with van der Waals surface area (Å²) in [6.45, 7) is 3.27. The number of nitrogens with zero attached hydrogens (tertiary/aromatic N) is 4. The number of aryl methyl sites for hydroxylation is 1. The molecule has 6 heteroatoms. The van der Waals surface area contributed by atoms with E-state index in [4.69, 9.17) is 17.3 Å². The van der Waals surface area contributed by atoms with Gasteiger partial charge in [-0.2, -0.15) is 5.10 Å². The fourth-order valence-electron chi connectivity index (χ4n) is 2.60. The first-order chi connectivity index (χ1) is 8.49. The molecule has 0 amide bonds. The molecule has 102 valence electrons. The van der Waals surface area contributed by atoms with Crippen LogP contribution in [0.25, 0.3) is 0 Å². The van der Waals surface area contributed by atoms with Gasteiger partial charge < -0.3 is 15.5 Å². The SMILES string of the molecule is CN1CCN(C)C(CC(N)c2c(Cl)cnn2C)C1. The molecule has 2 unspecified atom stereocenters. The molecule has 1 saturated heterocycles. The van der Waals surface area contributed by atoms with Crippen molar-refractivity contribution in [2.75, 3.05) is 33.7 Å². The van der Waals surface area contributed by atoms with E-state index in [1.165, 1.54) is 0 Å². The van der Waals surface area contributed by atoms with Crippen LogP contribution in [0.1, 0.15) is 18.2 Å². The minimum Gasteiger partial charge on any atom is -0.323 e. The van der Waals surface area contributed by atoms with Crippen molar-refractivity contribution in [3.05, 3.63) is 16.9 Å². The zero-order valence-corrected chi connectivity index (χ0v) is 12.1. The number of halogens is 1. The van der Waals surface area contributed by atoms with E-state index in [1.54, 1.807) is 10.9 Å². The minimum atomic E-state index is -0.0658. The molecule has 1 fully saturated rings. The van der Waals surface area contributed by atoms with Gasteiger partial charge in [-0.1, -0.05) is 11.6 Å². The number of hydrogen-bond acceptors (Lipinski definition) is 4. The van der Waals surface area contributed by atoms with Gasteiger partial charge in [0.1, 0.15) is 0 Å². The first-order valence-electron chi connectivity index (χ1n) is 6.30. The van der Waals surface area contributed by atoms with Crippen LogP contribution < -0.4 is 5.73 Å². The Kier molecular flexibility index (Phi) is 4.27. The maximum atomic E-state index is 6.29. The van der Waals surface area contributed by atoms with Gasteiger partial charge >= 0.3 is 0 Å². The molecule has 1 aliphatic heterocycles. The monoisotopic (exact) mass is 271 g/mol. The number of piperazine rings is 1. The van der Waals surface area contributed by atoms with Gasteiger partial charge in [0.25, 0.3) is 0 Å². The topological polar surface area (TPSA) is 50.3 Å². The summed E-state index contributed by atoms with van der Waals surface area (Å²) >= 11 is 6.14. The van der Waals surface area contributed by atoms with Gasteiger partial charge in [-0.15, -0.1) is 0 Å². The molecular weight excluding hydrogens is 250 g/mol.